The molecular weight excluding hydrogens is 490 g/mol. The lowest BCUT2D eigenvalue weighted by Gasteiger charge is -2.60. The van der Waals surface area contributed by atoms with Crippen molar-refractivity contribution in [2.24, 2.45) is 56.9 Å². The third kappa shape index (κ3) is 3.97. The van der Waals surface area contributed by atoms with Crippen LogP contribution in [-0.4, -0.2) is 30.6 Å². The lowest BCUT2D eigenvalue weighted by Crippen LogP contribution is -2.58. The number of esters is 1. The molecule has 0 unspecified atom stereocenters. The maximum Gasteiger partial charge on any atom is 0.311 e. The second-order valence-corrected chi connectivity index (χ2v) is 15.2. The molecule has 4 fully saturated rings. The fraction of sp³-hybridized carbons (Fsp3) is 0.844. The van der Waals surface area contributed by atoms with Crippen LogP contribution in [0.4, 0.5) is 0 Å². The zero-order valence-electron chi connectivity index (χ0n) is 24.9. The molecule has 4 aliphatic carbocycles. The Morgan fingerprint density at radius 2 is 1.97 bits per heavy atom. The van der Waals surface area contributed by atoms with Gasteiger partial charge in [-0.15, -0.1) is 0 Å². The highest BCUT2D eigenvalue weighted by atomic mass is 16.7. The monoisotopic (exact) mass is 537 g/mol. The van der Waals surface area contributed by atoms with Crippen molar-refractivity contribution in [2.45, 2.75) is 111 Å². The number of azide groups is 1. The van der Waals surface area contributed by atoms with Gasteiger partial charge in [0.1, 0.15) is 6.10 Å². The summed E-state index contributed by atoms with van der Waals surface area (Å²) in [6, 6.07) is 0. The van der Waals surface area contributed by atoms with E-state index in [0.717, 1.165) is 57.2 Å². The highest BCUT2D eigenvalue weighted by Gasteiger charge is 2.69. The molecule has 0 aromatic heterocycles. The molecule has 214 valence electrons. The summed E-state index contributed by atoms with van der Waals surface area (Å²) in [6.07, 6.45) is 11.3. The van der Waals surface area contributed by atoms with Gasteiger partial charge in [-0.25, -0.2) is 0 Å². The number of ether oxygens (including phenoxy) is 3. The molecule has 0 bridgehead atoms. The molecule has 2 heterocycles. The molecule has 7 nitrogen and oxygen atoms in total. The number of rotatable bonds is 2. The fourth-order valence-electron chi connectivity index (χ4n) is 9.68. The van der Waals surface area contributed by atoms with Gasteiger partial charge in [0.05, 0.1) is 18.1 Å². The van der Waals surface area contributed by atoms with Crippen LogP contribution in [0.15, 0.2) is 28.5 Å². The first-order chi connectivity index (χ1) is 18.3. The molecule has 6 aliphatic rings. The van der Waals surface area contributed by atoms with Crippen LogP contribution >= 0.6 is 0 Å². The third-order valence-electron chi connectivity index (χ3n) is 12.1. The summed E-state index contributed by atoms with van der Waals surface area (Å²) < 4.78 is 20.0. The first kappa shape index (κ1) is 27.4. The summed E-state index contributed by atoms with van der Waals surface area (Å²) in [5.41, 5.74) is 10.6. The number of allylic oxidation sites excluding steroid dienone is 2. The van der Waals surface area contributed by atoms with Crippen molar-refractivity contribution >= 4 is 5.97 Å². The molecule has 0 N–H and O–H groups in total. The van der Waals surface area contributed by atoms with Crippen LogP contribution in [0.3, 0.4) is 0 Å². The largest absolute Gasteiger partial charge is 0.461 e. The summed E-state index contributed by atoms with van der Waals surface area (Å²) in [7, 11) is 0. The lowest BCUT2D eigenvalue weighted by atomic mass is 9.45. The number of hydrogen-bond acceptors (Lipinski definition) is 5. The number of carbonyl (C=O) groups is 1. The van der Waals surface area contributed by atoms with E-state index >= 15 is 0 Å². The molecule has 11 atom stereocenters. The minimum absolute atomic E-state index is 0.00338. The van der Waals surface area contributed by atoms with Crippen LogP contribution in [0.2, 0.25) is 0 Å². The first-order valence-electron chi connectivity index (χ1n) is 15.3. The number of fused-ring (bicyclic) bond motifs is 7. The topological polar surface area (TPSA) is 93.5 Å². The van der Waals surface area contributed by atoms with E-state index in [4.69, 9.17) is 19.7 Å². The standard InChI is InChI=1S/C32H47N3O4/c1-18-10-13-32(37-17-18)19(2)27-25(39-32)15-24-22-9-8-20-14-21(34-35-33)11-12-30(20,6)23(22)16-26(31(24,27)7)38-28(36)29(3,4)5/h11,15,18-20,22-23,25-27H,8-10,12-14,16-17H2,1-7H3/t18-,19-,20-,22+,23-,25-,26-,27-,30-,31+,32+/m0/s1. The van der Waals surface area contributed by atoms with Crippen LogP contribution < -0.4 is 0 Å². The van der Waals surface area contributed by atoms with Gasteiger partial charge in [-0.1, -0.05) is 50.5 Å². The van der Waals surface area contributed by atoms with Gasteiger partial charge >= 0.3 is 5.97 Å². The Bertz CT molecular complexity index is 1140. The second kappa shape index (κ2) is 9.09. The Balaban J connectivity index is 1.39. The summed E-state index contributed by atoms with van der Waals surface area (Å²) in [6.45, 7) is 16.0. The van der Waals surface area contributed by atoms with E-state index in [1.165, 1.54) is 5.57 Å². The van der Waals surface area contributed by atoms with E-state index < -0.39 is 11.2 Å². The van der Waals surface area contributed by atoms with Crippen LogP contribution in [0.5, 0.6) is 0 Å². The van der Waals surface area contributed by atoms with Gasteiger partial charge in [-0.05, 0) is 93.9 Å². The summed E-state index contributed by atoms with van der Waals surface area (Å²) in [5.74, 6) is 1.70. The minimum atomic E-state index is -0.562. The van der Waals surface area contributed by atoms with Crippen LogP contribution in [0.1, 0.15) is 93.4 Å². The highest BCUT2D eigenvalue weighted by molar-refractivity contribution is 5.75. The molecule has 6 rings (SSSR count). The third-order valence-corrected chi connectivity index (χ3v) is 12.1. The van der Waals surface area contributed by atoms with Crippen LogP contribution in [-0.2, 0) is 19.0 Å². The van der Waals surface area contributed by atoms with E-state index in [-0.39, 0.29) is 40.8 Å². The number of nitrogens with zero attached hydrogens (tertiary/aromatic N) is 3. The molecule has 2 saturated heterocycles. The zero-order valence-corrected chi connectivity index (χ0v) is 24.9. The van der Waals surface area contributed by atoms with Gasteiger partial charge < -0.3 is 14.2 Å². The predicted molar refractivity (Wildman–Crippen MR) is 149 cm³/mol. The van der Waals surface area contributed by atoms with Crippen molar-refractivity contribution < 1.29 is 19.0 Å². The maximum absolute atomic E-state index is 13.5. The molecule has 2 aliphatic heterocycles. The molecule has 0 aromatic carbocycles. The van der Waals surface area contributed by atoms with Gasteiger partial charge in [-0.3, -0.25) is 4.79 Å². The van der Waals surface area contributed by atoms with Crippen molar-refractivity contribution in [3.8, 4) is 0 Å². The second-order valence-electron chi connectivity index (χ2n) is 15.2. The van der Waals surface area contributed by atoms with E-state index in [1.807, 2.05) is 20.8 Å². The first-order valence-corrected chi connectivity index (χ1v) is 15.3. The zero-order chi connectivity index (χ0) is 28.0. The molecule has 7 heteroatoms. The predicted octanol–water partition coefficient (Wildman–Crippen LogP) is 7.72. The molecule has 0 radical (unpaired) electrons. The summed E-state index contributed by atoms with van der Waals surface area (Å²) in [4.78, 5) is 16.5. The molecule has 2 saturated carbocycles. The quantitative estimate of drug-likeness (QED) is 0.118. The van der Waals surface area contributed by atoms with Gasteiger partial charge in [0.15, 0.2) is 5.79 Å². The smallest absolute Gasteiger partial charge is 0.311 e. The van der Waals surface area contributed by atoms with E-state index in [1.54, 1.807) is 0 Å². The summed E-state index contributed by atoms with van der Waals surface area (Å²) >= 11 is 0. The van der Waals surface area contributed by atoms with Gasteiger partial charge in [-0.2, -0.15) is 0 Å². The molecule has 39 heavy (non-hydrogen) atoms. The van der Waals surface area contributed by atoms with Gasteiger partial charge in [0.25, 0.3) is 0 Å². The average molecular weight is 538 g/mol. The molecule has 1 spiro atoms. The minimum Gasteiger partial charge on any atom is -0.461 e. The van der Waals surface area contributed by atoms with Crippen molar-refractivity contribution in [1.29, 1.82) is 0 Å². The molecule has 0 amide bonds. The van der Waals surface area contributed by atoms with E-state index in [9.17, 15) is 4.79 Å². The SMILES string of the molecule is C[C@H]1CC[C@@]2(OC1)O[C@H]1C=C3[C@@H]4CC[C@H]5CC(N=[N+]=[N-])=CC[C@]5(C)[C@H]4C[C@H](OC(=O)C(C)(C)C)[C@]3(C)[C@H]1[C@@H]2C. The van der Waals surface area contributed by atoms with Gasteiger partial charge in [0.2, 0.25) is 0 Å². The van der Waals surface area contributed by atoms with Gasteiger partial charge in [0, 0.05) is 34.3 Å². The molecule has 0 aromatic rings. The maximum atomic E-state index is 13.5. The lowest BCUT2D eigenvalue weighted by molar-refractivity contribution is -0.265. The Kier molecular flexibility index (Phi) is 6.38. The Morgan fingerprint density at radius 3 is 2.64 bits per heavy atom. The Morgan fingerprint density at radius 1 is 1.21 bits per heavy atom. The Labute approximate surface area is 233 Å². The normalized spacial score (nSPS) is 48.6. The van der Waals surface area contributed by atoms with Crippen molar-refractivity contribution in [2.75, 3.05) is 6.61 Å². The fourth-order valence-corrected chi connectivity index (χ4v) is 9.68. The van der Waals surface area contributed by atoms with Crippen LogP contribution in [0, 0.1) is 51.8 Å². The van der Waals surface area contributed by atoms with Crippen molar-refractivity contribution in [1.82, 2.24) is 0 Å². The average Bonchev–Trinajstić information content (AvgIpc) is 3.32. The molecular formula is C32H47N3O4. The Hall–Kier alpha value is -1.82. The van der Waals surface area contributed by atoms with E-state index in [0.29, 0.717) is 23.7 Å². The number of carbonyl (C=O) groups excluding carboxylic acids is 1. The highest BCUT2D eigenvalue weighted by Crippen LogP contribution is 2.70. The van der Waals surface area contributed by atoms with Crippen molar-refractivity contribution in [3.63, 3.8) is 0 Å². The van der Waals surface area contributed by atoms with E-state index in [2.05, 4.69) is 49.9 Å². The van der Waals surface area contributed by atoms with Crippen molar-refractivity contribution in [3.05, 3.63) is 33.9 Å². The number of hydrogen-bond donors (Lipinski definition) is 0. The summed E-state index contributed by atoms with van der Waals surface area (Å²) in [5, 5.41) is 3.98. The van der Waals surface area contributed by atoms with Crippen LogP contribution in [0.25, 0.3) is 10.4 Å².